The third-order valence-electron chi connectivity index (χ3n) is 13.9. The molecular formula is C58H112O9. The van der Waals surface area contributed by atoms with Crippen LogP contribution in [0.25, 0.3) is 0 Å². The molecule has 1 aliphatic heterocycles. The molecule has 0 radical (unpaired) electrons. The number of ether oxygens (including phenoxy) is 4. The van der Waals surface area contributed by atoms with Gasteiger partial charge >= 0.3 is 5.97 Å². The van der Waals surface area contributed by atoms with E-state index in [0.717, 1.165) is 32.1 Å². The highest BCUT2D eigenvalue weighted by Crippen LogP contribution is 2.23. The van der Waals surface area contributed by atoms with Gasteiger partial charge in [-0.15, -0.1) is 0 Å². The van der Waals surface area contributed by atoms with E-state index in [1.807, 2.05) is 0 Å². The molecule has 0 saturated carbocycles. The average molecular weight is 954 g/mol. The van der Waals surface area contributed by atoms with Gasteiger partial charge in [0.2, 0.25) is 0 Å². The Bertz CT molecular complexity index is 1040. The molecule has 0 amide bonds. The second-order valence-corrected chi connectivity index (χ2v) is 20.5. The standard InChI is InChI=1S/C58H112O9/c1-3-5-7-9-11-13-15-17-19-21-23-24-25-26-27-28-29-31-33-35-37-39-41-43-45-47-54(60)66-52(51-65-58-57(63)56(62)55(61)53(49-59)67-58)50-64-48-46-44-42-40-38-36-34-32-30-22-20-18-16-14-12-10-8-6-4-2/h21,23,52-53,55-59,61-63H,3-20,22,24-51H2,1-2H3/b23-21-. The SMILES string of the molecule is CCCCCCCCCC/C=C\CCCCCCCCCCCCCCCC(=O)OC(COCCCCCCCCCCCCCCCCCCCCC)COC1OC(CO)C(O)C(O)C1O. The van der Waals surface area contributed by atoms with E-state index in [1.165, 1.54) is 238 Å². The number of esters is 1. The molecule has 1 saturated heterocycles. The van der Waals surface area contributed by atoms with E-state index in [4.69, 9.17) is 18.9 Å². The maximum atomic E-state index is 12.9. The largest absolute Gasteiger partial charge is 0.457 e. The van der Waals surface area contributed by atoms with Crippen LogP contribution in [0.3, 0.4) is 0 Å². The first-order valence-electron chi connectivity index (χ1n) is 29.3. The molecule has 0 aromatic rings. The molecule has 0 aliphatic carbocycles. The van der Waals surface area contributed by atoms with Crippen LogP contribution in [0.15, 0.2) is 12.2 Å². The summed E-state index contributed by atoms with van der Waals surface area (Å²) >= 11 is 0. The Labute approximate surface area is 414 Å². The zero-order valence-corrected chi connectivity index (χ0v) is 44.2. The van der Waals surface area contributed by atoms with Gasteiger partial charge < -0.3 is 39.4 Å². The Morgan fingerprint density at radius 2 is 0.821 bits per heavy atom. The Balaban J connectivity index is 2.12. The summed E-state index contributed by atoms with van der Waals surface area (Å²) in [5, 5.41) is 40.3. The normalized spacial score (nSPS) is 19.2. The van der Waals surface area contributed by atoms with Gasteiger partial charge in [-0.2, -0.15) is 0 Å². The fourth-order valence-corrected chi connectivity index (χ4v) is 9.37. The fraction of sp³-hybridized carbons (Fsp3) is 0.948. The molecule has 398 valence electrons. The van der Waals surface area contributed by atoms with E-state index < -0.39 is 43.4 Å². The van der Waals surface area contributed by atoms with Crippen LogP contribution in [0.2, 0.25) is 0 Å². The highest BCUT2D eigenvalue weighted by Gasteiger charge is 2.44. The van der Waals surface area contributed by atoms with Crippen molar-refractivity contribution >= 4 is 5.97 Å². The molecule has 0 aromatic carbocycles. The van der Waals surface area contributed by atoms with E-state index in [0.29, 0.717) is 13.0 Å². The lowest BCUT2D eigenvalue weighted by Crippen LogP contribution is -2.59. The van der Waals surface area contributed by atoms with Gasteiger partial charge in [0.15, 0.2) is 6.29 Å². The van der Waals surface area contributed by atoms with Crippen LogP contribution in [0, 0.1) is 0 Å². The third kappa shape index (κ3) is 40.2. The zero-order chi connectivity index (χ0) is 48.5. The second-order valence-electron chi connectivity index (χ2n) is 20.5. The molecule has 4 N–H and O–H groups in total. The molecule has 0 bridgehead atoms. The van der Waals surface area contributed by atoms with E-state index in [2.05, 4.69) is 26.0 Å². The van der Waals surface area contributed by atoms with Crippen LogP contribution < -0.4 is 0 Å². The molecule has 1 aliphatic rings. The number of allylic oxidation sites excluding steroid dienone is 2. The first-order chi connectivity index (χ1) is 32.9. The van der Waals surface area contributed by atoms with E-state index in [1.54, 1.807) is 0 Å². The highest BCUT2D eigenvalue weighted by molar-refractivity contribution is 5.69. The average Bonchev–Trinajstić information content (AvgIpc) is 3.33. The minimum Gasteiger partial charge on any atom is -0.457 e. The summed E-state index contributed by atoms with van der Waals surface area (Å²) in [7, 11) is 0. The lowest BCUT2D eigenvalue weighted by Gasteiger charge is -2.39. The Kier molecular flexibility index (Phi) is 47.6. The number of aliphatic hydroxyl groups excluding tert-OH is 4. The summed E-state index contributed by atoms with van der Waals surface area (Å²) in [5.41, 5.74) is 0. The van der Waals surface area contributed by atoms with Gasteiger partial charge in [0, 0.05) is 13.0 Å². The van der Waals surface area contributed by atoms with Crippen LogP contribution in [0.1, 0.15) is 290 Å². The van der Waals surface area contributed by atoms with E-state index in [-0.39, 0.29) is 19.2 Å². The summed E-state index contributed by atoms with van der Waals surface area (Å²) < 4.78 is 23.0. The predicted molar refractivity (Wildman–Crippen MR) is 279 cm³/mol. The minimum absolute atomic E-state index is 0.106. The van der Waals surface area contributed by atoms with Crippen molar-refractivity contribution < 1.29 is 44.2 Å². The summed E-state index contributed by atoms with van der Waals surface area (Å²) in [6, 6.07) is 0. The van der Waals surface area contributed by atoms with Crippen molar-refractivity contribution in [2.45, 2.75) is 327 Å². The maximum Gasteiger partial charge on any atom is 0.306 e. The van der Waals surface area contributed by atoms with Gasteiger partial charge in [0.1, 0.15) is 30.5 Å². The van der Waals surface area contributed by atoms with Crippen molar-refractivity contribution in [3.63, 3.8) is 0 Å². The number of aliphatic hydroxyl groups is 4. The van der Waals surface area contributed by atoms with Crippen LogP contribution >= 0.6 is 0 Å². The fourth-order valence-electron chi connectivity index (χ4n) is 9.37. The van der Waals surface area contributed by atoms with Gasteiger partial charge in [-0.3, -0.25) is 4.79 Å². The quantitative estimate of drug-likeness (QED) is 0.0267. The topological polar surface area (TPSA) is 135 Å². The van der Waals surface area contributed by atoms with Crippen molar-refractivity contribution in [2.24, 2.45) is 0 Å². The van der Waals surface area contributed by atoms with Crippen LogP contribution in [0.4, 0.5) is 0 Å². The molecule has 1 rings (SSSR count). The molecule has 67 heavy (non-hydrogen) atoms. The molecule has 1 heterocycles. The molecule has 9 heteroatoms. The lowest BCUT2D eigenvalue weighted by atomic mass is 9.99. The Hall–Kier alpha value is -1.07. The summed E-state index contributed by atoms with van der Waals surface area (Å²) in [6.07, 6.45) is 52.6. The number of hydrogen-bond acceptors (Lipinski definition) is 9. The van der Waals surface area contributed by atoms with Gasteiger partial charge in [0.05, 0.1) is 19.8 Å². The van der Waals surface area contributed by atoms with Crippen LogP contribution in [-0.4, -0.2) is 89.6 Å². The maximum absolute atomic E-state index is 12.9. The number of rotatable bonds is 52. The van der Waals surface area contributed by atoms with Crippen molar-refractivity contribution in [2.75, 3.05) is 26.4 Å². The molecule has 6 atom stereocenters. The molecule has 6 unspecified atom stereocenters. The molecule has 0 spiro atoms. The van der Waals surface area contributed by atoms with Gasteiger partial charge in [-0.1, -0.05) is 257 Å². The number of hydrogen-bond donors (Lipinski definition) is 4. The molecular weight excluding hydrogens is 841 g/mol. The van der Waals surface area contributed by atoms with Crippen LogP contribution in [-0.2, 0) is 23.7 Å². The zero-order valence-electron chi connectivity index (χ0n) is 44.2. The number of carbonyl (C=O) groups is 1. The number of unbranched alkanes of at least 4 members (excludes halogenated alkanes) is 39. The first-order valence-corrected chi connectivity index (χ1v) is 29.3. The van der Waals surface area contributed by atoms with Crippen molar-refractivity contribution in [1.82, 2.24) is 0 Å². The monoisotopic (exact) mass is 953 g/mol. The van der Waals surface area contributed by atoms with Gasteiger partial charge in [-0.25, -0.2) is 0 Å². The molecule has 9 nitrogen and oxygen atoms in total. The smallest absolute Gasteiger partial charge is 0.306 e. The third-order valence-corrected chi connectivity index (χ3v) is 13.9. The Morgan fingerprint density at radius 1 is 0.463 bits per heavy atom. The molecule has 0 aromatic heterocycles. The predicted octanol–water partition coefficient (Wildman–Crippen LogP) is 15.1. The lowest BCUT2D eigenvalue weighted by molar-refractivity contribution is -0.305. The highest BCUT2D eigenvalue weighted by atomic mass is 16.7. The summed E-state index contributed by atoms with van der Waals surface area (Å²) in [5.74, 6) is -0.306. The molecule has 1 fully saturated rings. The van der Waals surface area contributed by atoms with E-state index in [9.17, 15) is 25.2 Å². The van der Waals surface area contributed by atoms with E-state index >= 15 is 0 Å². The second kappa shape index (κ2) is 49.9. The summed E-state index contributed by atoms with van der Waals surface area (Å²) in [4.78, 5) is 12.9. The minimum atomic E-state index is -1.53. The van der Waals surface area contributed by atoms with Crippen LogP contribution in [0.5, 0.6) is 0 Å². The van der Waals surface area contributed by atoms with Crippen molar-refractivity contribution in [3.8, 4) is 0 Å². The Morgan fingerprint density at radius 3 is 1.21 bits per heavy atom. The van der Waals surface area contributed by atoms with Gasteiger partial charge in [-0.05, 0) is 38.5 Å². The first kappa shape index (κ1) is 63.9. The van der Waals surface area contributed by atoms with Gasteiger partial charge in [0.25, 0.3) is 0 Å². The summed E-state index contributed by atoms with van der Waals surface area (Å²) in [6.45, 7) is 4.63. The van der Waals surface area contributed by atoms with Crippen molar-refractivity contribution in [3.05, 3.63) is 12.2 Å². The van der Waals surface area contributed by atoms with Crippen molar-refractivity contribution in [1.29, 1.82) is 0 Å². The number of carbonyl (C=O) groups excluding carboxylic acids is 1.